The van der Waals surface area contributed by atoms with Crippen molar-refractivity contribution < 1.29 is 22.7 Å². The Morgan fingerprint density at radius 1 is 1.03 bits per heavy atom. The van der Waals surface area contributed by atoms with Gasteiger partial charge in [0.05, 0.1) is 19.1 Å². The van der Waals surface area contributed by atoms with E-state index in [-0.39, 0.29) is 18.5 Å². The molecule has 0 aliphatic carbocycles. The van der Waals surface area contributed by atoms with E-state index in [0.717, 1.165) is 27.3 Å². The van der Waals surface area contributed by atoms with Crippen molar-refractivity contribution in [3.8, 4) is 5.75 Å². The van der Waals surface area contributed by atoms with Crippen LogP contribution in [0.1, 0.15) is 43.9 Å². The zero-order valence-corrected chi connectivity index (χ0v) is 22.5. The van der Waals surface area contributed by atoms with Crippen molar-refractivity contribution in [1.82, 2.24) is 10.2 Å². The molecule has 0 fully saturated rings. The fourth-order valence-electron chi connectivity index (χ4n) is 3.94. The Bertz CT molecular complexity index is 1110. The molecule has 1 atom stereocenters. The first kappa shape index (κ1) is 28.2. The molecule has 0 aromatic heterocycles. The van der Waals surface area contributed by atoms with Crippen molar-refractivity contribution in [3.05, 3.63) is 59.2 Å². The number of aryl methyl sites for hydroxylation is 2. The van der Waals surface area contributed by atoms with Crippen molar-refractivity contribution in [2.24, 2.45) is 0 Å². The molecule has 0 aliphatic heterocycles. The number of methoxy groups -OCH3 is 1. The van der Waals surface area contributed by atoms with E-state index in [4.69, 9.17) is 4.74 Å². The third-order valence-corrected chi connectivity index (χ3v) is 6.64. The lowest BCUT2D eigenvalue weighted by molar-refractivity contribution is -0.140. The molecule has 0 saturated carbocycles. The molecule has 35 heavy (non-hydrogen) atoms. The standard InChI is InChI=1S/C26H37N3O5S/c1-8-24(26(31)27-18(2)3)28(16-21-9-11-23(34-6)12-10-21)25(30)17-29(35(7,32)33)22-14-19(4)13-20(5)15-22/h9-15,18,24H,8,16-17H2,1-7H3,(H,27,31). The van der Waals surface area contributed by atoms with E-state index in [2.05, 4.69) is 5.32 Å². The molecule has 0 saturated heterocycles. The van der Waals surface area contributed by atoms with E-state index in [1.165, 1.54) is 4.90 Å². The lowest BCUT2D eigenvalue weighted by atomic mass is 10.1. The number of nitrogens with zero attached hydrogens (tertiary/aromatic N) is 2. The molecule has 2 amide bonds. The SMILES string of the molecule is CCC(C(=O)NC(C)C)N(Cc1ccc(OC)cc1)C(=O)CN(c1cc(C)cc(C)c1)S(C)(=O)=O. The summed E-state index contributed by atoms with van der Waals surface area (Å²) < 4.78 is 31.8. The summed E-state index contributed by atoms with van der Waals surface area (Å²) in [6.07, 6.45) is 1.46. The van der Waals surface area contributed by atoms with E-state index < -0.39 is 28.5 Å². The number of nitrogens with one attached hydrogen (secondary N) is 1. The van der Waals surface area contributed by atoms with Crippen LogP contribution in [-0.2, 0) is 26.2 Å². The Labute approximate surface area is 209 Å². The largest absolute Gasteiger partial charge is 0.497 e. The number of amides is 2. The molecule has 192 valence electrons. The summed E-state index contributed by atoms with van der Waals surface area (Å²) in [5, 5.41) is 2.88. The number of rotatable bonds is 11. The fraction of sp³-hybridized carbons (Fsp3) is 0.462. The van der Waals surface area contributed by atoms with Crippen LogP contribution in [0.5, 0.6) is 5.75 Å². The number of anilines is 1. The lowest BCUT2D eigenvalue weighted by Gasteiger charge is -2.33. The summed E-state index contributed by atoms with van der Waals surface area (Å²) >= 11 is 0. The number of hydrogen-bond acceptors (Lipinski definition) is 5. The first-order chi connectivity index (χ1) is 16.3. The highest BCUT2D eigenvalue weighted by molar-refractivity contribution is 7.92. The van der Waals surface area contributed by atoms with Gasteiger partial charge in [0, 0.05) is 12.6 Å². The van der Waals surface area contributed by atoms with Gasteiger partial charge in [0.2, 0.25) is 21.8 Å². The Hall–Kier alpha value is -3.07. The maximum atomic E-state index is 13.7. The van der Waals surface area contributed by atoms with Crippen LogP contribution < -0.4 is 14.4 Å². The Kier molecular flexibility index (Phi) is 9.71. The highest BCUT2D eigenvalue weighted by atomic mass is 32.2. The van der Waals surface area contributed by atoms with Crippen LogP contribution in [0.25, 0.3) is 0 Å². The molecule has 0 heterocycles. The maximum absolute atomic E-state index is 13.7. The zero-order chi connectivity index (χ0) is 26.3. The summed E-state index contributed by atoms with van der Waals surface area (Å²) in [6.45, 7) is 9.02. The molecule has 2 aromatic rings. The molecule has 1 N–H and O–H groups in total. The van der Waals surface area contributed by atoms with Crippen LogP contribution in [0.2, 0.25) is 0 Å². The average molecular weight is 504 g/mol. The summed E-state index contributed by atoms with van der Waals surface area (Å²) in [4.78, 5) is 28.1. The minimum Gasteiger partial charge on any atom is -0.497 e. The maximum Gasteiger partial charge on any atom is 0.244 e. The molecule has 0 radical (unpaired) electrons. The third-order valence-electron chi connectivity index (χ3n) is 5.50. The van der Waals surface area contributed by atoms with E-state index in [9.17, 15) is 18.0 Å². The average Bonchev–Trinajstić information content (AvgIpc) is 2.75. The molecular formula is C26H37N3O5S. The molecule has 2 aromatic carbocycles. The normalized spacial score (nSPS) is 12.2. The van der Waals surface area contributed by atoms with Crippen molar-refractivity contribution >= 4 is 27.5 Å². The molecule has 2 rings (SSSR count). The smallest absolute Gasteiger partial charge is 0.244 e. The van der Waals surface area contributed by atoms with Gasteiger partial charge in [0.25, 0.3) is 0 Å². The van der Waals surface area contributed by atoms with Gasteiger partial charge in [-0.1, -0.05) is 25.1 Å². The number of carbonyl (C=O) groups is 2. The second-order valence-corrected chi connectivity index (χ2v) is 11.0. The minimum absolute atomic E-state index is 0.0997. The van der Waals surface area contributed by atoms with Crippen molar-refractivity contribution in [2.45, 2.75) is 59.7 Å². The lowest BCUT2D eigenvalue weighted by Crippen LogP contribution is -2.53. The van der Waals surface area contributed by atoms with Gasteiger partial charge < -0.3 is 15.0 Å². The first-order valence-electron chi connectivity index (χ1n) is 11.6. The monoisotopic (exact) mass is 503 g/mol. The summed E-state index contributed by atoms with van der Waals surface area (Å²) in [6, 6.07) is 11.8. The van der Waals surface area contributed by atoms with E-state index >= 15 is 0 Å². The highest BCUT2D eigenvalue weighted by Crippen LogP contribution is 2.23. The number of benzene rings is 2. The van der Waals surface area contributed by atoms with Gasteiger partial charge >= 0.3 is 0 Å². The van der Waals surface area contributed by atoms with Crippen molar-refractivity contribution in [3.63, 3.8) is 0 Å². The quantitative estimate of drug-likeness (QED) is 0.507. The summed E-state index contributed by atoms with van der Waals surface area (Å²) in [5.41, 5.74) is 2.99. The van der Waals surface area contributed by atoms with E-state index in [0.29, 0.717) is 17.9 Å². The molecule has 0 bridgehead atoms. The third kappa shape index (κ3) is 7.99. The van der Waals surface area contributed by atoms with Crippen LogP contribution in [0, 0.1) is 13.8 Å². The van der Waals surface area contributed by atoms with Crippen LogP contribution in [0.4, 0.5) is 5.69 Å². The van der Waals surface area contributed by atoms with Gasteiger partial charge in [-0.05, 0) is 75.1 Å². The van der Waals surface area contributed by atoms with Gasteiger partial charge in [0.1, 0.15) is 18.3 Å². The second-order valence-electron chi connectivity index (χ2n) is 9.07. The molecule has 0 spiro atoms. The van der Waals surface area contributed by atoms with Gasteiger partial charge in [-0.15, -0.1) is 0 Å². The van der Waals surface area contributed by atoms with Crippen LogP contribution in [0.3, 0.4) is 0 Å². The van der Waals surface area contributed by atoms with Crippen LogP contribution >= 0.6 is 0 Å². The van der Waals surface area contributed by atoms with Crippen molar-refractivity contribution in [2.75, 3.05) is 24.2 Å². The second kappa shape index (κ2) is 12.1. The Morgan fingerprint density at radius 3 is 2.06 bits per heavy atom. The van der Waals surface area contributed by atoms with Gasteiger partial charge in [0.15, 0.2) is 0 Å². The van der Waals surface area contributed by atoms with Gasteiger partial charge in [-0.25, -0.2) is 8.42 Å². The van der Waals surface area contributed by atoms with Crippen LogP contribution in [0.15, 0.2) is 42.5 Å². The predicted octanol–water partition coefficient (Wildman–Crippen LogP) is 3.41. The minimum atomic E-state index is -3.76. The molecule has 1 unspecified atom stereocenters. The molecule has 9 heteroatoms. The fourth-order valence-corrected chi connectivity index (χ4v) is 4.77. The molecule has 0 aliphatic rings. The van der Waals surface area contributed by atoms with Gasteiger partial charge in [-0.2, -0.15) is 0 Å². The highest BCUT2D eigenvalue weighted by Gasteiger charge is 2.32. The number of hydrogen-bond donors (Lipinski definition) is 1. The van der Waals surface area contributed by atoms with Gasteiger partial charge in [-0.3, -0.25) is 13.9 Å². The topological polar surface area (TPSA) is 96.0 Å². The number of ether oxygens (including phenoxy) is 1. The summed E-state index contributed by atoms with van der Waals surface area (Å²) in [7, 11) is -2.19. The van der Waals surface area contributed by atoms with Crippen LogP contribution in [-0.4, -0.2) is 57.1 Å². The van der Waals surface area contributed by atoms with E-state index in [1.807, 2.05) is 52.8 Å². The zero-order valence-electron chi connectivity index (χ0n) is 21.7. The number of carbonyl (C=O) groups excluding carboxylic acids is 2. The summed E-state index contributed by atoms with van der Waals surface area (Å²) in [5.74, 6) is -0.0629. The number of sulfonamides is 1. The van der Waals surface area contributed by atoms with E-state index in [1.54, 1.807) is 31.4 Å². The first-order valence-corrected chi connectivity index (χ1v) is 13.5. The molecular weight excluding hydrogens is 466 g/mol. The Morgan fingerprint density at radius 2 is 1.60 bits per heavy atom. The molecule has 8 nitrogen and oxygen atoms in total. The Balaban J connectivity index is 2.46. The van der Waals surface area contributed by atoms with Crippen molar-refractivity contribution in [1.29, 1.82) is 0 Å². The predicted molar refractivity (Wildman–Crippen MR) is 139 cm³/mol.